The maximum atomic E-state index is 5.49. The Morgan fingerprint density at radius 2 is 1.90 bits per heavy atom. The van der Waals surface area contributed by atoms with Crippen molar-refractivity contribution in [1.29, 1.82) is 0 Å². The van der Waals surface area contributed by atoms with Crippen molar-refractivity contribution in [2.24, 2.45) is 0 Å². The number of nitrogens with one attached hydrogen (secondary N) is 1. The van der Waals surface area contributed by atoms with E-state index in [1.165, 1.54) is 5.56 Å². The molecule has 0 aliphatic heterocycles. The van der Waals surface area contributed by atoms with Gasteiger partial charge in [0.15, 0.2) is 0 Å². The summed E-state index contributed by atoms with van der Waals surface area (Å²) < 4.78 is 10.7. The van der Waals surface area contributed by atoms with Crippen LogP contribution >= 0.6 is 0 Å². The molecule has 0 aliphatic rings. The van der Waals surface area contributed by atoms with E-state index in [1.54, 1.807) is 14.2 Å². The van der Waals surface area contributed by atoms with Gasteiger partial charge >= 0.3 is 0 Å². The van der Waals surface area contributed by atoms with Crippen LogP contribution in [0, 0.1) is 6.92 Å². The summed E-state index contributed by atoms with van der Waals surface area (Å²) in [6.07, 6.45) is 0. The Hall–Kier alpha value is -2.00. The lowest BCUT2D eigenvalue weighted by atomic mass is 10.0. The summed E-state index contributed by atoms with van der Waals surface area (Å²) in [5, 5.41) is 3.52. The maximum absolute atomic E-state index is 5.49. The summed E-state index contributed by atoms with van der Waals surface area (Å²) in [5.41, 5.74) is 4.59. The predicted octanol–water partition coefficient (Wildman–Crippen LogP) is 4.32. The molecular formula is C18H23NO2. The highest BCUT2D eigenvalue weighted by Crippen LogP contribution is 2.28. The molecule has 0 heterocycles. The SMILES string of the molecule is COCc1cccc(NC(C)c2ccc(C)cc2OC)c1. The largest absolute Gasteiger partial charge is 0.496 e. The highest BCUT2D eigenvalue weighted by Gasteiger charge is 2.11. The number of ether oxygens (including phenoxy) is 2. The molecule has 0 aliphatic carbocycles. The first kappa shape index (κ1) is 15.4. The monoisotopic (exact) mass is 285 g/mol. The molecule has 112 valence electrons. The summed E-state index contributed by atoms with van der Waals surface area (Å²) in [6.45, 7) is 4.83. The molecule has 1 N–H and O–H groups in total. The third kappa shape index (κ3) is 3.99. The molecule has 0 saturated heterocycles. The molecule has 0 aromatic heterocycles. The second kappa shape index (κ2) is 7.14. The Labute approximate surface area is 126 Å². The van der Waals surface area contributed by atoms with Crippen LogP contribution in [0.5, 0.6) is 5.75 Å². The van der Waals surface area contributed by atoms with Crippen LogP contribution in [0.3, 0.4) is 0 Å². The average Bonchev–Trinajstić information content (AvgIpc) is 2.47. The molecule has 2 aromatic rings. The lowest BCUT2D eigenvalue weighted by Gasteiger charge is -2.19. The van der Waals surface area contributed by atoms with Crippen LogP contribution in [0.1, 0.15) is 29.7 Å². The number of benzene rings is 2. The number of aryl methyl sites for hydroxylation is 1. The molecule has 0 bridgehead atoms. The zero-order valence-electron chi connectivity index (χ0n) is 13.1. The molecule has 3 heteroatoms. The minimum Gasteiger partial charge on any atom is -0.496 e. The van der Waals surface area contributed by atoms with Crippen LogP contribution in [0.15, 0.2) is 42.5 Å². The molecule has 0 amide bonds. The van der Waals surface area contributed by atoms with Gasteiger partial charge in [-0.25, -0.2) is 0 Å². The van der Waals surface area contributed by atoms with Crippen molar-refractivity contribution >= 4 is 5.69 Å². The van der Waals surface area contributed by atoms with Crippen LogP contribution in [-0.2, 0) is 11.3 Å². The van der Waals surface area contributed by atoms with E-state index >= 15 is 0 Å². The summed E-state index contributed by atoms with van der Waals surface area (Å²) in [6, 6.07) is 14.7. The van der Waals surface area contributed by atoms with Crippen LogP contribution < -0.4 is 10.1 Å². The van der Waals surface area contributed by atoms with Crippen molar-refractivity contribution in [3.63, 3.8) is 0 Å². The summed E-state index contributed by atoms with van der Waals surface area (Å²) in [5.74, 6) is 0.919. The first-order valence-corrected chi connectivity index (χ1v) is 7.13. The Bertz CT molecular complexity index is 596. The van der Waals surface area contributed by atoms with Crippen molar-refractivity contribution in [2.45, 2.75) is 26.5 Å². The van der Waals surface area contributed by atoms with Gasteiger partial charge in [0, 0.05) is 18.4 Å². The van der Waals surface area contributed by atoms with Crippen LogP contribution in [0.2, 0.25) is 0 Å². The highest BCUT2D eigenvalue weighted by atomic mass is 16.5. The highest BCUT2D eigenvalue weighted by molar-refractivity contribution is 5.49. The first-order valence-electron chi connectivity index (χ1n) is 7.13. The lowest BCUT2D eigenvalue weighted by Crippen LogP contribution is -2.08. The van der Waals surface area contributed by atoms with E-state index in [0.29, 0.717) is 6.61 Å². The number of methoxy groups -OCH3 is 2. The quantitative estimate of drug-likeness (QED) is 0.857. The zero-order chi connectivity index (χ0) is 15.2. The standard InChI is InChI=1S/C18H23NO2/c1-13-8-9-17(18(10-13)21-4)14(2)19-16-7-5-6-15(11-16)12-20-3/h5-11,14,19H,12H2,1-4H3. The molecule has 0 fully saturated rings. The van der Waals surface area contributed by atoms with Crippen LogP contribution in [0.25, 0.3) is 0 Å². The van der Waals surface area contributed by atoms with E-state index in [9.17, 15) is 0 Å². The van der Waals surface area contributed by atoms with E-state index in [2.05, 4.69) is 55.6 Å². The fourth-order valence-corrected chi connectivity index (χ4v) is 2.42. The third-order valence-corrected chi connectivity index (χ3v) is 3.48. The Balaban J connectivity index is 2.17. The average molecular weight is 285 g/mol. The summed E-state index contributed by atoms with van der Waals surface area (Å²) in [4.78, 5) is 0. The zero-order valence-corrected chi connectivity index (χ0v) is 13.1. The molecule has 21 heavy (non-hydrogen) atoms. The Morgan fingerprint density at radius 1 is 1.10 bits per heavy atom. The van der Waals surface area contributed by atoms with Gasteiger partial charge in [-0.05, 0) is 43.2 Å². The van der Waals surface area contributed by atoms with Gasteiger partial charge in [0.25, 0.3) is 0 Å². The van der Waals surface area contributed by atoms with Crippen molar-refractivity contribution in [2.75, 3.05) is 19.5 Å². The van der Waals surface area contributed by atoms with Gasteiger partial charge in [0.05, 0.1) is 19.8 Å². The summed E-state index contributed by atoms with van der Waals surface area (Å²) >= 11 is 0. The van der Waals surface area contributed by atoms with E-state index in [-0.39, 0.29) is 6.04 Å². The molecular weight excluding hydrogens is 262 g/mol. The van der Waals surface area contributed by atoms with E-state index in [1.807, 2.05) is 6.07 Å². The number of anilines is 1. The van der Waals surface area contributed by atoms with E-state index < -0.39 is 0 Å². The number of hydrogen-bond donors (Lipinski definition) is 1. The molecule has 1 unspecified atom stereocenters. The summed E-state index contributed by atoms with van der Waals surface area (Å²) in [7, 11) is 3.42. The first-order chi connectivity index (χ1) is 10.1. The lowest BCUT2D eigenvalue weighted by molar-refractivity contribution is 0.185. The number of rotatable bonds is 6. The molecule has 1 atom stereocenters. The van der Waals surface area contributed by atoms with Crippen molar-refractivity contribution in [3.05, 3.63) is 59.2 Å². The van der Waals surface area contributed by atoms with E-state index in [0.717, 1.165) is 22.6 Å². The fourth-order valence-electron chi connectivity index (χ4n) is 2.42. The van der Waals surface area contributed by atoms with Gasteiger partial charge in [0.2, 0.25) is 0 Å². The smallest absolute Gasteiger partial charge is 0.124 e. The Kier molecular flexibility index (Phi) is 5.23. The minimum atomic E-state index is 0.165. The fraction of sp³-hybridized carbons (Fsp3) is 0.333. The van der Waals surface area contributed by atoms with Gasteiger partial charge in [-0.15, -0.1) is 0 Å². The molecule has 2 aromatic carbocycles. The molecule has 0 spiro atoms. The van der Waals surface area contributed by atoms with Gasteiger partial charge in [-0.2, -0.15) is 0 Å². The minimum absolute atomic E-state index is 0.165. The normalized spacial score (nSPS) is 12.0. The van der Waals surface area contributed by atoms with Gasteiger partial charge in [-0.1, -0.05) is 24.3 Å². The second-order valence-corrected chi connectivity index (χ2v) is 5.24. The van der Waals surface area contributed by atoms with Crippen LogP contribution in [-0.4, -0.2) is 14.2 Å². The predicted molar refractivity (Wildman–Crippen MR) is 86.9 cm³/mol. The number of hydrogen-bond acceptors (Lipinski definition) is 3. The third-order valence-electron chi connectivity index (χ3n) is 3.48. The van der Waals surface area contributed by atoms with Gasteiger partial charge in [-0.3, -0.25) is 0 Å². The Morgan fingerprint density at radius 3 is 2.62 bits per heavy atom. The molecule has 3 nitrogen and oxygen atoms in total. The van der Waals surface area contributed by atoms with Crippen molar-refractivity contribution in [3.8, 4) is 5.75 Å². The van der Waals surface area contributed by atoms with Gasteiger partial charge < -0.3 is 14.8 Å². The van der Waals surface area contributed by atoms with Crippen molar-refractivity contribution < 1.29 is 9.47 Å². The van der Waals surface area contributed by atoms with Crippen LogP contribution in [0.4, 0.5) is 5.69 Å². The van der Waals surface area contributed by atoms with Crippen molar-refractivity contribution in [1.82, 2.24) is 0 Å². The maximum Gasteiger partial charge on any atom is 0.124 e. The molecule has 0 saturated carbocycles. The van der Waals surface area contributed by atoms with E-state index in [4.69, 9.17) is 9.47 Å². The second-order valence-electron chi connectivity index (χ2n) is 5.24. The molecule has 2 rings (SSSR count). The van der Waals surface area contributed by atoms with Gasteiger partial charge in [0.1, 0.15) is 5.75 Å². The topological polar surface area (TPSA) is 30.5 Å². The molecule has 0 radical (unpaired) electrons.